The van der Waals surface area contributed by atoms with Crippen molar-refractivity contribution >= 4 is 0 Å². The smallest absolute Gasteiger partial charge is 0.115 e. The van der Waals surface area contributed by atoms with Crippen LogP contribution in [0, 0.1) is 0 Å². The van der Waals surface area contributed by atoms with E-state index in [-0.39, 0.29) is 47.2 Å². The Morgan fingerprint density at radius 1 is 0.341 bits per heavy atom. The summed E-state index contributed by atoms with van der Waals surface area (Å²) < 4.78 is 0. The molecule has 0 saturated carbocycles. The van der Waals surface area contributed by atoms with Gasteiger partial charge >= 0.3 is 0 Å². The Kier molecular flexibility index (Phi) is 11.1. The van der Waals surface area contributed by atoms with Gasteiger partial charge in [-0.15, -0.1) is 0 Å². The minimum Gasteiger partial charge on any atom is -0.508 e. The van der Waals surface area contributed by atoms with Crippen molar-refractivity contribution < 1.29 is 20.4 Å². The third-order valence-corrected chi connectivity index (χ3v) is 8.29. The third-order valence-electron chi connectivity index (χ3n) is 8.29. The molecule has 5 rings (SSSR count). The molecule has 8 N–H and O–H groups in total. The van der Waals surface area contributed by atoms with Crippen LogP contribution in [0.1, 0.15) is 22.3 Å². The lowest BCUT2D eigenvalue weighted by Crippen LogP contribution is -2.55. The average molecular weight is 597 g/mol. The number of hydrogen-bond acceptors (Lipinski definition) is 8. The lowest BCUT2D eigenvalue weighted by molar-refractivity contribution is 0.342. The van der Waals surface area contributed by atoms with Crippen molar-refractivity contribution in [3.8, 4) is 23.0 Å². The number of aromatic hydroxyl groups is 4. The maximum atomic E-state index is 9.80. The molecule has 0 spiro atoms. The van der Waals surface area contributed by atoms with Crippen LogP contribution < -0.4 is 21.3 Å². The molecule has 4 aromatic carbocycles. The molecule has 1 heterocycles. The molecule has 0 aromatic heterocycles. The fourth-order valence-corrected chi connectivity index (χ4v) is 5.77. The van der Waals surface area contributed by atoms with Crippen LogP contribution in [0.4, 0.5) is 0 Å². The van der Waals surface area contributed by atoms with Crippen molar-refractivity contribution in [2.45, 2.75) is 49.9 Å². The van der Waals surface area contributed by atoms with E-state index in [0.717, 1.165) is 74.1 Å². The molecule has 0 aliphatic carbocycles. The molecule has 4 aromatic rings. The lowest BCUT2D eigenvalue weighted by Gasteiger charge is -2.31. The molecule has 4 atom stereocenters. The van der Waals surface area contributed by atoms with Gasteiger partial charge in [-0.3, -0.25) is 0 Å². The normalized spacial score (nSPS) is 21.6. The van der Waals surface area contributed by atoms with Crippen LogP contribution in [-0.4, -0.2) is 70.8 Å². The highest BCUT2D eigenvalue weighted by molar-refractivity contribution is 5.29. The predicted octanol–water partition coefficient (Wildman–Crippen LogP) is 3.63. The Hall–Kier alpha value is -4.08. The van der Waals surface area contributed by atoms with Gasteiger partial charge in [0.2, 0.25) is 0 Å². The molecule has 232 valence electrons. The van der Waals surface area contributed by atoms with Crippen LogP contribution in [0.3, 0.4) is 0 Å². The van der Waals surface area contributed by atoms with Gasteiger partial charge in [-0.25, -0.2) is 0 Å². The summed E-state index contributed by atoms with van der Waals surface area (Å²) in [6, 6.07) is 30.3. The topological polar surface area (TPSA) is 129 Å². The fourth-order valence-electron chi connectivity index (χ4n) is 5.77. The van der Waals surface area contributed by atoms with E-state index in [1.807, 2.05) is 48.5 Å². The summed E-state index contributed by atoms with van der Waals surface area (Å²) in [5.41, 5.74) is 4.61. The minimum atomic E-state index is 0.151. The van der Waals surface area contributed by atoms with Gasteiger partial charge in [0.15, 0.2) is 0 Å². The summed E-state index contributed by atoms with van der Waals surface area (Å²) in [6.07, 6.45) is 3.23. The van der Waals surface area contributed by atoms with Crippen LogP contribution in [0.5, 0.6) is 23.0 Å². The first-order chi connectivity index (χ1) is 21.4. The average Bonchev–Trinajstić information content (AvgIpc) is 3.02. The van der Waals surface area contributed by atoms with Gasteiger partial charge in [0.05, 0.1) is 0 Å². The first-order valence-corrected chi connectivity index (χ1v) is 15.4. The highest BCUT2D eigenvalue weighted by Gasteiger charge is 2.21. The lowest BCUT2D eigenvalue weighted by atomic mass is 10.00. The van der Waals surface area contributed by atoms with Gasteiger partial charge < -0.3 is 41.7 Å². The van der Waals surface area contributed by atoms with Crippen molar-refractivity contribution in [1.82, 2.24) is 21.3 Å². The highest BCUT2D eigenvalue weighted by Crippen LogP contribution is 2.16. The SMILES string of the molecule is Oc1ccc(C[C@H]2CN[C@@H](Cc3ccc(O)cc3)CN[C@@H](Cc3ccc(O)cc3)CN[C@@H](Cc3ccc(O)cc3)CN2)cc1. The summed E-state index contributed by atoms with van der Waals surface area (Å²) in [7, 11) is 0. The molecular weight excluding hydrogens is 552 g/mol. The van der Waals surface area contributed by atoms with Gasteiger partial charge in [0.1, 0.15) is 23.0 Å². The zero-order chi connectivity index (χ0) is 30.7. The molecule has 8 nitrogen and oxygen atoms in total. The Bertz CT molecular complexity index is 1170. The van der Waals surface area contributed by atoms with Crippen LogP contribution in [-0.2, 0) is 25.7 Å². The van der Waals surface area contributed by atoms with Crippen LogP contribution in [0.25, 0.3) is 0 Å². The molecule has 44 heavy (non-hydrogen) atoms. The molecule has 1 aliphatic rings. The molecule has 0 radical (unpaired) electrons. The summed E-state index contributed by atoms with van der Waals surface area (Å²) in [4.78, 5) is 0. The molecule has 8 heteroatoms. The second kappa shape index (κ2) is 15.6. The van der Waals surface area contributed by atoms with Crippen molar-refractivity contribution in [3.05, 3.63) is 119 Å². The van der Waals surface area contributed by atoms with Gasteiger partial charge in [-0.2, -0.15) is 0 Å². The molecule has 0 bridgehead atoms. The van der Waals surface area contributed by atoms with E-state index < -0.39 is 0 Å². The van der Waals surface area contributed by atoms with E-state index in [1.54, 1.807) is 48.5 Å². The Morgan fingerprint density at radius 2 is 0.523 bits per heavy atom. The van der Waals surface area contributed by atoms with Crippen LogP contribution in [0.2, 0.25) is 0 Å². The van der Waals surface area contributed by atoms with E-state index >= 15 is 0 Å². The molecule has 0 unspecified atom stereocenters. The number of phenolic OH excluding ortho intramolecular Hbond substituents is 4. The monoisotopic (exact) mass is 596 g/mol. The molecule has 1 fully saturated rings. The predicted molar refractivity (Wildman–Crippen MR) is 174 cm³/mol. The Labute approximate surface area is 259 Å². The van der Waals surface area contributed by atoms with E-state index in [1.165, 1.54) is 0 Å². The zero-order valence-corrected chi connectivity index (χ0v) is 25.0. The standard InChI is InChI=1S/C36H44N4O4/c41-33-9-1-25(2-10-33)17-29-21-38-31(19-27-5-13-35(43)14-6-27)23-40-32(20-28-7-15-36(44)16-8-28)24-39-30(22-37-29)18-26-3-11-34(42)12-4-26/h1-16,29-32,37-44H,17-24H2/t29-,30-,31-,32-/m0/s1. The highest BCUT2D eigenvalue weighted by atomic mass is 16.3. The van der Waals surface area contributed by atoms with Crippen molar-refractivity contribution in [3.63, 3.8) is 0 Å². The van der Waals surface area contributed by atoms with Gasteiger partial charge in [0, 0.05) is 50.3 Å². The van der Waals surface area contributed by atoms with Crippen molar-refractivity contribution in [2.24, 2.45) is 0 Å². The molecule has 1 aliphatic heterocycles. The van der Waals surface area contributed by atoms with E-state index in [0.29, 0.717) is 0 Å². The van der Waals surface area contributed by atoms with Crippen LogP contribution in [0.15, 0.2) is 97.1 Å². The zero-order valence-electron chi connectivity index (χ0n) is 25.0. The van der Waals surface area contributed by atoms with Gasteiger partial charge in [-0.05, 0) is 96.5 Å². The maximum absolute atomic E-state index is 9.80. The fraction of sp³-hybridized carbons (Fsp3) is 0.333. The maximum Gasteiger partial charge on any atom is 0.115 e. The number of phenols is 4. The van der Waals surface area contributed by atoms with Crippen molar-refractivity contribution in [2.75, 3.05) is 26.2 Å². The minimum absolute atomic E-state index is 0.151. The number of hydrogen-bond donors (Lipinski definition) is 8. The van der Waals surface area contributed by atoms with Crippen molar-refractivity contribution in [1.29, 1.82) is 0 Å². The van der Waals surface area contributed by atoms with Gasteiger partial charge in [-0.1, -0.05) is 48.5 Å². The van der Waals surface area contributed by atoms with E-state index in [2.05, 4.69) is 21.3 Å². The number of benzene rings is 4. The van der Waals surface area contributed by atoms with Crippen LogP contribution >= 0.6 is 0 Å². The first-order valence-electron chi connectivity index (χ1n) is 15.4. The summed E-state index contributed by atoms with van der Waals surface area (Å²) in [5.74, 6) is 1.05. The Balaban J connectivity index is 1.36. The quantitative estimate of drug-likeness (QED) is 0.155. The summed E-state index contributed by atoms with van der Waals surface area (Å²) in [5, 5.41) is 54.5. The third kappa shape index (κ3) is 9.99. The van der Waals surface area contributed by atoms with E-state index in [9.17, 15) is 20.4 Å². The van der Waals surface area contributed by atoms with Gasteiger partial charge in [0.25, 0.3) is 0 Å². The van der Waals surface area contributed by atoms with E-state index in [4.69, 9.17) is 0 Å². The molecular formula is C36H44N4O4. The largest absolute Gasteiger partial charge is 0.508 e. The Morgan fingerprint density at radius 3 is 0.705 bits per heavy atom. The second-order valence-electron chi connectivity index (χ2n) is 11.9. The first kappa shape index (κ1) is 31.3. The number of nitrogens with one attached hydrogen (secondary N) is 4. The summed E-state index contributed by atoms with van der Waals surface area (Å²) in [6.45, 7) is 3.00. The summed E-state index contributed by atoms with van der Waals surface area (Å²) >= 11 is 0. The molecule has 0 amide bonds. The molecule has 1 saturated heterocycles. The second-order valence-corrected chi connectivity index (χ2v) is 11.9. The number of rotatable bonds is 8.